The van der Waals surface area contributed by atoms with Gasteiger partial charge in [0.2, 0.25) is 0 Å². The highest BCUT2D eigenvalue weighted by Crippen LogP contribution is 2.19. The van der Waals surface area contributed by atoms with Gasteiger partial charge in [-0.05, 0) is 43.4 Å². The van der Waals surface area contributed by atoms with E-state index in [1.807, 2.05) is 24.3 Å². The first-order valence-electron chi connectivity index (χ1n) is 7.19. The van der Waals surface area contributed by atoms with E-state index in [9.17, 15) is 0 Å². The molecule has 1 aromatic carbocycles. The van der Waals surface area contributed by atoms with E-state index in [-0.39, 0.29) is 6.61 Å². The fourth-order valence-electron chi connectivity index (χ4n) is 2.52. The molecule has 108 valence electrons. The van der Waals surface area contributed by atoms with Gasteiger partial charge >= 0.3 is 0 Å². The lowest BCUT2D eigenvalue weighted by molar-refractivity contribution is 0.0558. The summed E-state index contributed by atoms with van der Waals surface area (Å²) in [5, 5.41) is 12.1. The van der Waals surface area contributed by atoms with E-state index in [1.54, 1.807) is 0 Å². The van der Waals surface area contributed by atoms with Gasteiger partial charge in [-0.2, -0.15) is 5.26 Å². The van der Waals surface area contributed by atoms with Gasteiger partial charge in [-0.1, -0.05) is 12.1 Å². The van der Waals surface area contributed by atoms with Crippen LogP contribution in [0.4, 0.5) is 0 Å². The molecule has 1 aromatic rings. The molecule has 1 saturated heterocycles. The minimum Gasteiger partial charge on any atom is -0.479 e. The van der Waals surface area contributed by atoms with Gasteiger partial charge in [-0.25, -0.2) is 0 Å². The van der Waals surface area contributed by atoms with E-state index in [0.29, 0.717) is 12.0 Å². The zero-order valence-corrected chi connectivity index (χ0v) is 12.0. The molecule has 1 unspecified atom stereocenters. The van der Waals surface area contributed by atoms with E-state index < -0.39 is 0 Å². The third kappa shape index (κ3) is 4.52. The summed E-state index contributed by atoms with van der Waals surface area (Å²) in [6.07, 6.45) is 2.28. The number of hydrogen-bond acceptors (Lipinski definition) is 4. The molecule has 1 aliphatic rings. The molecular weight excluding hydrogens is 252 g/mol. The lowest BCUT2D eigenvalue weighted by Crippen LogP contribution is -2.36. The van der Waals surface area contributed by atoms with Crippen LogP contribution in [-0.4, -0.2) is 25.9 Å². The molecule has 2 rings (SSSR count). The van der Waals surface area contributed by atoms with Crippen LogP contribution in [0.15, 0.2) is 24.3 Å². The molecule has 0 spiro atoms. The van der Waals surface area contributed by atoms with Crippen molar-refractivity contribution in [3.63, 3.8) is 0 Å². The van der Waals surface area contributed by atoms with Crippen LogP contribution in [0.5, 0.6) is 5.75 Å². The summed E-state index contributed by atoms with van der Waals surface area (Å²) >= 11 is 0. The molecule has 1 aliphatic heterocycles. The van der Waals surface area contributed by atoms with Crippen molar-refractivity contribution in [3.8, 4) is 11.8 Å². The van der Waals surface area contributed by atoms with Crippen LogP contribution in [0.1, 0.15) is 25.3 Å². The highest BCUT2D eigenvalue weighted by molar-refractivity contribution is 5.28. The standard InChI is InChI=1S/C16H22N2O2/c1-13(15-5-8-19-9-6-15)18-12-14-3-2-4-16(11-14)20-10-7-17/h2-4,11,13,15,18H,5-6,8-10,12H2,1H3. The summed E-state index contributed by atoms with van der Waals surface area (Å²) in [5.74, 6) is 1.45. The summed E-state index contributed by atoms with van der Waals surface area (Å²) in [5.41, 5.74) is 1.18. The van der Waals surface area contributed by atoms with Crippen LogP contribution in [0.3, 0.4) is 0 Å². The predicted octanol–water partition coefficient (Wildman–Crippen LogP) is 2.49. The minimum absolute atomic E-state index is 0.0926. The van der Waals surface area contributed by atoms with Crippen molar-refractivity contribution in [1.82, 2.24) is 5.32 Å². The first kappa shape index (κ1) is 14.8. The van der Waals surface area contributed by atoms with Gasteiger partial charge in [0, 0.05) is 25.8 Å². The van der Waals surface area contributed by atoms with E-state index >= 15 is 0 Å². The Hall–Kier alpha value is -1.57. The second-order valence-corrected chi connectivity index (χ2v) is 5.21. The Labute approximate surface area is 120 Å². The van der Waals surface area contributed by atoms with Crippen molar-refractivity contribution >= 4 is 0 Å². The molecule has 1 fully saturated rings. The Morgan fingerprint density at radius 3 is 3.00 bits per heavy atom. The molecule has 4 nitrogen and oxygen atoms in total. The molecule has 1 heterocycles. The highest BCUT2D eigenvalue weighted by Gasteiger charge is 2.19. The Morgan fingerprint density at radius 2 is 2.25 bits per heavy atom. The fraction of sp³-hybridized carbons (Fsp3) is 0.562. The molecule has 1 atom stereocenters. The van der Waals surface area contributed by atoms with Crippen molar-refractivity contribution in [1.29, 1.82) is 5.26 Å². The Morgan fingerprint density at radius 1 is 1.45 bits per heavy atom. The van der Waals surface area contributed by atoms with Gasteiger partial charge in [0.15, 0.2) is 6.61 Å². The maximum absolute atomic E-state index is 8.52. The third-order valence-electron chi connectivity index (χ3n) is 3.80. The number of rotatable bonds is 6. The van der Waals surface area contributed by atoms with Crippen molar-refractivity contribution < 1.29 is 9.47 Å². The number of benzene rings is 1. The maximum Gasteiger partial charge on any atom is 0.174 e. The van der Waals surface area contributed by atoms with Gasteiger partial charge in [-0.15, -0.1) is 0 Å². The van der Waals surface area contributed by atoms with Crippen molar-refractivity contribution in [2.75, 3.05) is 19.8 Å². The lowest BCUT2D eigenvalue weighted by Gasteiger charge is -2.28. The van der Waals surface area contributed by atoms with Gasteiger partial charge in [0.1, 0.15) is 11.8 Å². The Kier molecular flexibility index (Phi) is 5.85. The highest BCUT2D eigenvalue weighted by atomic mass is 16.5. The monoisotopic (exact) mass is 274 g/mol. The molecule has 0 saturated carbocycles. The van der Waals surface area contributed by atoms with Crippen LogP contribution >= 0.6 is 0 Å². The summed E-state index contributed by atoms with van der Waals surface area (Å²) < 4.78 is 10.7. The number of nitrogens with zero attached hydrogens (tertiary/aromatic N) is 1. The number of hydrogen-bond donors (Lipinski definition) is 1. The molecule has 0 amide bonds. The van der Waals surface area contributed by atoms with Crippen LogP contribution in [0, 0.1) is 17.2 Å². The topological polar surface area (TPSA) is 54.3 Å². The van der Waals surface area contributed by atoms with Gasteiger partial charge < -0.3 is 14.8 Å². The van der Waals surface area contributed by atoms with Crippen LogP contribution in [0.25, 0.3) is 0 Å². The van der Waals surface area contributed by atoms with Gasteiger partial charge in [-0.3, -0.25) is 0 Å². The fourth-order valence-corrected chi connectivity index (χ4v) is 2.52. The summed E-state index contributed by atoms with van der Waals surface area (Å²) in [7, 11) is 0. The first-order valence-corrected chi connectivity index (χ1v) is 7.19. The molecule has 0 aliphatic carbocycles. The smallest absolute Gasteiger partial charge is 0.174 e. The maximum atomic E-state index is 8.52. The molecule has 1 N–H and O–H groups in total. The number of nitriles is 1. The van der Waals surface area contributed by atoms with Crippen LogP contribution in [0.2, 0.25) is 0 Å². The SMILES string of the molecule is CC(NCc1cccc(OCC#N)c1)C1CCOCC1. The van der Waals surface area contributed by atoms with Gasteiger partial charge in [0.25, 0.3) is 0 Å². The van der Waals surface area contributed by atoms with E-state index in [4.69, 9.17) is 14.7 Å². The molecular formula is C16H22N2O2. The lowest BCUT2D eigenvalue weighted by atomic mass is 9.93. The molecule has 4 heteroatoms. The van der Waals surface area contributed by atoms with Crippen molar-refractivity contribution in [2.45, 2.75) is 32.4 Å². The normalized spacial score (nSPS) is 17.4. The average molecular weight is 274 g/mol. The average Bonchev–Trinajstić information content (AvgIpc) is 2.52. The number of ether oxygens (including phenoxy) is 2. The zero-order valence-electron chi connectivity index (χ0n) is 12.0. The van der Waals surface area contributed by atoms with Gasteiger partial charge in [0.05, 0.1) is 0 Å². The zero-order chi connectivity index (χ0) is 14.2. The van der Waals surface area contributed by atoms with Crippen LogP contribution in [-0.2, 0) is 11.3 Å². The molecule has 20 heavy (non-hydrogen) atoms. The Bertz CT molecular complexity index is 450. The second-order valence-electron chi connectivity index (χ2n) is 5.21. The molecule has 0 bridgehead atoms. The predicted molar refractivity (Wildman–Crippen MR) is 77.4 cm³/mol. The molecule has 0 radical (unpaired) electrons. The third-order valence-corrected chi connectivity index (χ3v) is 3.80. The largest absolute Gasteiger partial charge is 0.479 e. The molecule has 0 aromatic heterocycles. The van der Waals surface area contributed by atoms with Crippen molar-refractivity contribution in [2.24, 2.45) is 5.92 Å². The summed E-state index contributed by atoms with van der Waals surface area (Å²) in [4.78, 5) is 0. The van der Waals surface area contributed by atoms with E-state index in [1.165, 1.54) is 5.56 Å². The summed E-state index contributed by atoms with van der Waals surface area (Å²) in [6, 6.07) is 10.4. The van der Waals surface area contributed by atoms with E-state index in [2.05, 4.69) is 18.3 Å². The number of nitrogens with one attached hydrogen (secondary N) is 1. The first-order chi connectivity index (χ1) is 9.79. The summed E-state index contributed by atoms with van der Waals surface area (Å²) in [6.45, 7) is 4.92. The second kappa shape index (κ2) is 7.88. The van der Waals surface area contributed by atoms with Crippen molar-refractivity contribution in [3.05, 3.63) is 29.8 Å². The van der Waals surface area contributed by atoms with E-state index in [0.717, 1.165) is 38.3 Å². The minimum atomic E-state index is 0.0926. The Balaban J connectivity index is 1.82. The van der Waals surface area contributed by atoms with Crippen LogP contribution < -0.4 is 10.1 Å². The quantitative estimate of drug-likeness (QED) is 0.866.